The maximum absolute atomic E-state index is 14.6. The topological polar surface area (TPSA) is 125 Å². The summed E-state index contributed by atoms with van der Waals surface area (Å²) in [4.78, 5) is 14.3. The number of nitrogens with one attached hydrogen (secondary N) is 2. The van der Waals surface area contributed by atoms with E-state index in [1.54, 1.807) is 6.07 Å². The van der Waals surface area contributed by atoms with Gasteiger partial charge in [-0.05, 0) is 59.3 Å². The van der Waals surface area contributed by atoms with E-state index in [9.17, 15) is 38.4 Å². The van der Waals surface area contributed by atoms with Gasteiger partial charge in [-0.15, -0.1) is 0 Å². The molecule has 1 amide bonds. The molecule has 190 valence electrons. The van der Waals surface area contributed by atoms with Gasteiger partial charge in [-0.2, -0.15) is 0 Å². The zero-order valence-electron chi connectivity index (χ0n) is 18.4. The van der Waals surface area contributed by atoms with Crippen LogP contribution < -0.4 is 10.6 Å². The zero-order valence-corrected chi connectivity index (χ0v) is 20.6. The van der Waals surface area contributed by atoms with Crippen molar-refractivity contribution in [2.24, 2.45) is 5.92 Å². The summed E-state index contributed by atoms with van der Waals surface area (Å²) < 4.78 is 43.4. The summed E-state index contributed by atoms with van der Waals surface area (Å²) in [6, 6.07) is 5.67. The van der Waals surface area contributed by atoms with E-state index in [1.807, 2.05) is 22.6 Å². The maximum atomic E-state index is 14.6. The number of nitrogens with zero attached hydrogens (tertiary/aromatic N) is 1. The van der Waals surface area contributed by atoms with E-state index < -0.39 is 46.4 Å². The van der Waals surface area contributed by atoms with E-state index in [4.69, 9.17) is 0 Å². The quantitative estimate of drug-likeness (QED) is 0.209. The minimum Gasteiger partial charge on any atom is -0.396 e. The Bertz CT molecular complexity index is 1130. The van der Waals surface area contributed by atoms with Crippen molar-refractivity contribution in [3.05, 3.63) is 56.9 Å². The van der Waals surface area contributed by atoms with Crippen LogP contribution in [0.3, 0.4) is 0 Å². The zero-order chi connectivity index (χ0) is 25.5. The first kappa shape index (κ1) is 26.1. The molecule has 1 saturated heterocycles. The van der Waals surface area contributed by atoms with E-state index in [-0.39, 0.29) is 50.0 Å². The number of likely N-dealkylation sites (tertiary alicyclic amines) is 1. The monoisotopic (exact) mass is 607 g/mol. The van der Waals surface area contributed by atoms with Crippen molar-refractivity contribution in [3.63, 3.8) is 0 Å². The highest BCUT2D eigenvalue weighted by atomic mass is 127. The highest BCUT2D eigenvalue weighted by Gasteiger charge is 2.47. The lowest BCUT2D eigenvalue weighted by Crippen LogP contribution is -2.67. The normalized spacial score (nSPS) is 22.7. The van der Waals surface area contributed by atoms with Crippen molar-refractivity contribution >= 4 is 39.9 Å². The van der Waals surface area contributed by atoms with Gasteiger partial charge in [0.25, 0.3) is 5.91 Å². The number of hydrogen-bond donors (Lipinski definition) is 6. The van der Waals surface area contributed by atoms with Gasteiger partial charge in [0.15, 0.2) is 17.4 Å². The van der Waals surface area contributed by atoms with Gasteiger partial charge in [-0.1, -0.05) is 0 Å². The lowest BCUT2D eigenvalue weighted by atomic mass is 9.92. The Morgan fingerprint density at radius 1 is 1.11 bits per heavy atom. The fraction of sp³-hybridized carbons (Fsp3) is 0.435. The van der Waals surface area contributed by atoms with Crippen molar-refractivity contribution in [2.75, 3.05) is 31.6 Å². The van der Waals surface area contributed by atoms with Crippen LogP contribution in [-0.2, 0) is 0 Å². The molecule has 2 aliphatic rings. The SMILES string of the molecule is O=C(c1ccc(F)c(F)c1Nc1ccc(I)cc1F)N1CC(O)(CNC2CC(CO)C(O)(O)C2)C1. The van der Waals surface area contributed by atoms with Crippen molar-refractivity contribution in [2.45, 2.75) is 30.3 Å². The number of amides is 1. The van der Waals surface area contributed by atoms with Gasteiger partial charge < -0.3 is 36.0 Å². The summed E-state index contributed by atoms with van der Waals surface area (Å²) in [6.45, 7) is -0.537. The molecule has 0 spiro atoms. The van der Waals surface area contributed by atoms with Crippen LogP contribution in [0.1, 0.15) is 23.2 Å². The molecule has 0 aromatic heterocycles. The number of benzene rings is 2. The predicted molar refractivity (Wildman–Crippen MR) is 128 cm³/mol. The summed E-state index contributed by atoms with van der Waals surface area (Å²) in [5, 5.41) is 45.4. The van der Waals surface area contributed by atoms with Crippen LogP contribution >= 0.6 is 22.6 Å². The third kappa shape index (κ3) is 5.42. The fourth-order valence-electron chi connectivity index (χ4n) is 4.52. The second-order valence-corrected chi connectivity index (χ2v) is 10.4. The first-order chi connectivity index (χ1) is 16.4. The Hall–Kier alpha value is -1.97. The average molecular weight is 607 g/mol. The number of aliphatic hydroxyl groups excluding tert-OH is 1. The number of carbonyl (C=O) groups is 1. The molecule has 1 aliphatic heterocycles. The Morgan fingerprint density at radius 2 is 1.83 bits per heavy atom. The molecule has 2 aromatic rings. The maximum Gasteiger partial charge on any atom is 0.256 e. The number of halogens is 4. The van der Waals surface area contributed by atoms with Crippen LogP contribution in [0, 0.1) is 26.9 Å². The Kier molecular flexibility index (Phi) is 7.33. The van der Waals surface area contributed by atoms with Crippen molar-refractivity contribution < 1.29 is 38.4 Å². The van der Waals surface area contributed by atoms with Gasteiger partial charge in [0, 0.05) is 28.5 Å². The molecule has 2 aromatic carbocycles. The van der Waals surface area contributed by atoms with Crippen LogP contribution in [0.25, 0.3) is 0 Å². The smallest absolute Gasteiger partial charge is 0.256 e. The van der Waals surface area contributed by atoms with E-state index in [1.165, 1.54) is 17.0 Å². The minimum atomic E-state index is -2.00. The highest BCUT2D eigenvalue weighted by molar-refractivity contribution is 14.1. The number of aliphatic hydroxyl groups is 4. The Labute approximate surface area is 212 Å². The molecule has 12 heteroatoms. The molecule has 2 fully saturated rings. The third-order valence-electron chi connectivity index (χ3n) is 6.48. The number of anilines is 2. The molecule has 6 N–H and O–H groups in total. The Morgan fingerprint density at radius 3 is 2.46 bits per heavy atom. The van der Waals surface area contributed by atoms with Gasteiger partial charge in [-0.3, -0.25) is 4.79 Å². The van der Waals surface area contributed by atoms with E-state index in [0.717, 1.165) is 12.1 Å². The summed E-state index contributed by atoms with van der Waals surface area (Å²) in [7, 11) is 0. The van der Waals surface area contributed by atoms with Crippen LogP contribution in [0.15, 0.2) is 30.3 Å². The number of carbonyl (C=O) groups excluding carboxylic acids is 1. The van der Waals surface area contributed by atoms with Gasteiger partial charge >= 0.3 is 0 Å². The lowest BCUT2D eigenvalue weighted by Gasteiger charge is -2.47. The second kappa shape index (κ2) is 9.82. The highest BCUT2D eigenvalue weighted by Crippen LogP contribution is 2.35. The molecule has 35 heavy (non-hydrogen) atoms. The molecule has 1 heterocycles. The van der Waals surface area contributed by atoms with E-state index in [2.05, 4.69) is 10.6 Å². The molecule has 0 radical (unpaired) electrons. The van der Waals surface area contributed by atoms with Gasteiger partial charge in [0.2, 0.25) is 0 Å². The van der Waals surface area contributed by atoms with Crippen molar-refractivity contribution in [3.8, 4) is 0 Å². The van der Waals surface area contributed by atoms with Crippen LogP contribution in [0.5, 0.6) is 0 Å². The average Bonchev–Trinajstić information content (AvgIpc) is 3.08. The van der Waals surface area contributed by atoms with Crippen molar-refractivity contribution in [1.29, 1.82) is 0 Å². The summed E-state index contributed by atoms with van der Waals surface area (Å²) in [6.07, 6.45) is 0.289. The van der Waals surface area contributed by atoms with Crippen LogP contribution in [0.2, 0.25) is 0 Å². The summed E-state index contributed by atoms with van der Waals surface area (Å²) >= 11 is 1.90. The first-order valence-corrected chi connectivity index (χ1v) is 12.0. The molecular weight excluding hydrogens is 582 g/mol. The Balaban J connectivity index is 1.43. The first-order valence-electron chi connectivity index (χ1n) is 10.9. The van der Waals surface area contributed by atoms with Gasteiger partial charge in [0.1, 0.15) is 11.4 Å². The second-order valence-electron chi connectivity index (χ2n) is 9.19. The molecule has 8 nitrogen and oxygen atoms in total. The number of hydrogen-bond acceptors (Lipinski definition) is 7. The lowest BCUT2D eigenvalue weighted by molar-refractivity contribution is -0.192. The third-order valence-corrected chi connectivity index (χ3v) is 7.15. The standard InChI is InChI=1S/C23H25F3IN3O5/c24-16-3-2-15(20(19(16)26)29-18-4-1-13(27)6-17(18)25)21(32)30-10-22(33,11-30)9-28-14-5-12(8-31)23(34,35)7-14/h1-4,6,12,14,28-29,31,33-35H,5,7-11H2. The molecule has 4 rings (SSSR count). The predicted octanol–water partition coefficient (Wildman–Crippen LogP) is 1.68. The molecule has 1 saturated carbocycles. The molecule has 2 atom stereocenters. The summed E-state index contributed by atoms with van der Waals surface area (Å²) in [5.74, 6) is -6.61. The number of β-amino-alcohol motifs (C(OH)–C–C–N with tert-alkyl or cyclic N) is 1. The van der Waals surface area contributed by atoms with Crippen molar-refractivity contribution in [1.82, 2.24) is 10.2 Å². The molecular formula is C23H25F3IN3O5. The molecule has 1 aliphatic carbocycles. The summed E-state index contributed by atoms with van der Waals surface area (Å²) in [5.41, 5.74) is -2.17. The van der Waals surface area contributed by atoms with Crippen LogP contribution in [0.4, 0.5) is 24.5 Å². The minimum absolute atomic E-state index is 0.0179. The van der Waals surface area contributed by atoms with E-state index >= 15 is 0 Å². The molecule has 0 bridgehead atoms. The van der Waals surface area contributed by atoms with E-state index in [0.29, 0.717) is 9.99 Å². The largest absolute Gasteiger partial charge is 0.396 e. The number of rotatable bonds is 7. The fourth-order valence-corrected chi connectivity index (χ4v) is 4.98. The van der Waals surface area contributed by atoms with Crippen LogP contribution in [-0.4, -0.2) is 74.9 Å². The molecule has 2 unspecified atom stereocenters. The van der Waals surface area contributed by atoms with Gasteiger partial charge in [0.05, 0.1) is 36.6 Å². The van der Waals surface area contributed by atoms with Gasteiger partial charge in [-0.25, -0.2) is 13.2 Å².